The smallest absolute Gasteiger partial charge is 0.123 e. The van der Waals surface area contributed by atoms with E-state index in [1.54, 1.807) is 0 Å². The van der Waals surface area contributed by atoms with Crippen molar-refractivity contribution in [3.8, 4) is 5.75 Å². The Morgan fingerprint density at radius 2 is 1.78 bits per heavy atom. The molecule has 0 spiro atoms. The standard InChI is InChI=1S/C15H14Br2O/c1-11-2-7-15(13(8-11)9-16)18-10-12-3-5-14(17)6-4-12/h2-8H,9-10H2,1H3. The van der Waals surface area contributed by atoms with Crippen molar-refractivity contribution in [1.29, 1.82) is 0 Å². The van der Waals surface area contributed by atoms with Crippen molar-refractivity contribution in [2.45, 2.75) is 18.9 Å². The van der Waals surface area contributed by atoms with Gasteiger partial charge >= 0.3 is 0 Å². The molecule has 1 nitrogen and oxygen atoms in total. The highest BCUT2D eigenvalue weighted by Gasteiger charge is 2.03. The molecule has 0 aromatic heterocycles. The number of benzene rings is 2. The molecule has 0 fully saturated rings. The van der Waals surface area contributed by atoms with Crippen LogP contribution in [-0.2, 0) is 11.9 Å². The predicted octanol–water partition coefficient (Wildman–Crippen LogP) is 5.23. The first-order chi connectivity index (χ1) is 8.69. The van der Waals surface area contributed by atoms with Gasteiger partial charge in [-0.3, -0.25) is 0 Å². The Hall–Kier alpha value is -0.800. The Morgan fingerprint density at radius 1 is 1.06 bits per heavy atom. The van der Waals surface area contributed by atoms with Gasteiger partial charge in [-0.25, -0.2) is 0 Å². The fourth-order valence-electron chi connectivity index (χ4n) is 1.70. The molecule has 0 unspecified atom stereocenters. The van der Waals surface area contributed by atoms with Crippen LogP contribution in [0.15, 0.2) is 46.9 Å². The molecule has 0 atom stereocenters. The second-order valence-electron chi connectivity index (χ2n) is 4.16. The van der Waals surface area contributed by atoms with Gasteiger partial charge in [-0.05, 0) is 30.7 Å². The minimum Gasteiger partial charge on any atom is -0.489 e. The number of hydrogen-bond acceptors (Lipinski definition) is 1. The van der Waals surface area contributed by atoms with Crippen LogP contribution in [0.3, 0.4) is 0 Å². The van der Waals surface area contributed by atoms with E-state index in [0.717, 1.165) is 15.6 Å². The molecule has 0 bridgehead atoms. The van der Waals surface area contributed by atoms with E-state index in [1.807, 2.05) is 18.2 Å². The first-order valence-corrected chi connectivity index (χ1v) is 7.63. The quantitative estimate of drug-likeness (QED) is 0.670. The van der Waals surface area contributed by atoms with Gasteiger partial charge in [0.2, 0.25) is 0 Å². The van der Waals surface area contributed by atoms with Crippen LogP contribution in [0, 0.1) is 6.92 Å². The van der Waals surface area contributed by atoms with E-state index in [2.05, 4.69) is 63.0 Å². The minimum atomic E-state index is 0.594. The molecule has 0 heterocycles. The van der Waals surface area contributed by atoms with Crippen molar-refractivity contribution in [2.75, 3.05) is 0 Å². The minimum absolute atomic E-state index is 0.594. The molecule has 0 saturated heterocycles. The summed E-state index contributed by atoms with van der Waals surface area (Å²) in [4.78, 5) is 0. The maximum Gasteiger partial charge on any atom is 0.123 e. The van der Waals surface area contributed by atoms with E-state index in [9.17, 15) is 0 Å². The molecule has 0 radical (unpaired) electrons. The third kappa shape index (κ3) is 3.59. The summed E-state index contributed by atoms with van der Waals surface area (Å²) in [5.74, 6) is 0.945. The van der Waals surface area contributed by atoms with Gasteiger partial charge in [0.05, 0.1) is 0 Å². The summed E-state index contributed by atoms with van der Waals surface area (Å²) >= 11 is 6.92. The second-order valence-corrected chi connectivity index (χ2v) is 5.64. The number of halogens is 2. The van der Waals surface area contributed by atoms with Crippen LogP contribution in [0.2, 0.25) is 0 Å². The highest BCUT2D eigenvalue weighted by molar-refractivity contribution is 9.10. The predicted molar refractivity (Wildman–Crippen MR) is 82.3 cm³/mol. The van der Waals surface area contributed by atoms with Crippen molar-refractivity contribution in [2.24, 2.45) is 0 Å². The van der Waals surface area contributed by atoms with Crippen LogP contribution >= 0.6 is 31.9 Å². The molecule has 3 heteroatoms. The zero-order valence-electron chi connectivity index (χ0n) is 10.1. The van der Waals surface area contributed by atoms with Crippen molar-refractivity contribution in [3.05, 3.63) is 63.6 Å². The summed E-state index contributed by atoms with van der Waals surface area (Å²) in [6.45, 7) is 2.68. The highest BCUT2D eigenvalue weighted by Crippen LogP contribution is 2.23. The normalized spacial score (nSPS) is 10.4. The molecule has 2 aromatic rings. The molecular formula is C15H14Br2O. The number of aryl methyl sites for hydroxylation is 1. The molecule has 94 valence electrons. The average molecular weight is 370 g/mol. The van der Waals surface area contributed by atoms with Crippen LogP contribution < -0.4 is 4.74 Å². The molecule has 0 aliphatic carbocycles. The number of ether oxygens (including phenoxy) is 1. The van der Waals surface area contributed by atoms with Gasteiger partial charge in [-0.1, -0.05) is 61.7 Å². The third-order valence-electron chi connectivity index (χ3n) is 2.67. The summed E-state index contributed by atoms with van der Waals surface area (Å²) < 4.78 is 6.95. The Labute approximate surface area is 124 Å². The first-order valence-electron chi connectivity index (χ1n) is 5.72. The second kappa shape index (κ2) is 6.39. The molecule has 0 amide bonds. The number of rotatable bonds is 4. The van der Waals surface area contributed by atoms with Crippen molar-refractivity contribution in [1.82, 2.24) is 0 Å². The van der Waals surface area contributed by atoms with E-state index in [0.29, 0.717) is 6.61 Å². The van der Waals surface area contributed by atoms with E-state index in [4.69, 9.17) is 4.74 Å². The number of alkyl halides is 1. The Balaban J connectivity index is 2.08. The molecule has 0 aliphatic heterocycles. The lowest BCUT2D eigenvalue weighted by molar-refractivity contribution is 0.304. The maximum absolute atomic E-state index is 5.86. The van der Waals surface area contributed by atoms with Gasteiger partial charge in [0.15, 0.2) is 0 Å². The lowest BCUT2D eigenvalue weighted by Gasteiger charge is -2.11. The van der Waals surface area contributed by atoms with Crippen LogP contribution in [0.5, 0.6) is 5.75 Å². The van der Waals surface area contributed by atoms with Crippen LogP contribution in [0.1, 0.15) is 16.7 Å². The molecule has 2 rings (SSSR count). The SMILES string of the molecule is Cc1ccc(OCc2ccc(Br)cc2)c(CBr)c1. The van der Waals surface area contributed by atoms with Crippen molar-refractivity contribution < 1.29 is 4.74 Å². The molecule has 2 aromatic carbocycles. The van der Waals surface area contributed by atoms with Crippen molar-refractivity contribution >= 4 is 31.9 Å². The van der Waals surface area contributed by atoms with E-state index in [1.165, 1.54) is 16.7 Å². The third-order valence-corrected chi connectivity index (χ3v) is 3.80. The summed E-state index contributed by atoms with van der Waals surface area (Å²) in [7, 11) is 0. The Bertz CT molecular complexity index is 521. The summed E-state index contributed by atoms with van der Waals surface area (Å²) in [5, 5.41) is 0.810. The van der Waals surface area contributed by atoms with Gasteiger partial charge in [-0.2, -0.15) is 0 Å². The van der Waals surface area contributed by atoms with Crippen LogP contribution in [0.25, 0.3) is 0 Å². The molecule has 18 heavy (non-hydrogen) atoms. The van der Waals surface area contributed by atoms with Crippen molar-refractivity contribution in [3.63, 3.8) is 0 Å². The monoisotopic (exact) mass is 368 g/mol. The molecular weight excluding hydrogens is 356 g/mol. The molecule has 0 N–H and O–H groups in total. The fraction of sp³-hybridized carbons (Fsp3) is 0.200. The van der Waals surface area contributed by atoms with E-state index < -0.39 is 0 Å². The van der Waals surface area contributed by atoms with Gasteiger partial charge in [-0.15, -0.1) is 0 Å². The lowest BCUT2D eigenvalue weighted by atomic mass is 10.1. The zero-order valence-corrected chi connectivity index (χ0v) is 13.3. The van der Waals surface area contributed by atoms with Crippen LogP contribution in [-0.4, -0.2) is 0 Å². The summed E-state index contributed by atoms with van der Waals surface area (Å²) in [6, 6.07) is 14.4. The van der Waals surface area contributed by atoms with Gasteiger partial charge in [0.25, 0.3) is 0 Å². The van der Waals surface area contributed by atoms with Gasteiger partial charge in [0, 0.05) is 15.4 Å². The summed E-state index contributed by atoms with van der Waals surface area (Å²) in [6.07, 6.45) is 0. The Kier molecular flexibility index (Phi) is 4.84. The average Bonchev–Trinajstić information content (AvgIpc) is 2.39. The maximum atomic E-state index is 5.86. The largest absolute Gasteiger partial charge is 0.489 e. The van der Waals surface area contributed by atoms with E-state index in [-0.39, 0.29) is 0 Å². The molecule has 0 aliphatic rings. The Morgan fingerprint density at radius 3 is 2.44 bits per heavy atom. The van der Waals surface area contributed by atoms with Gasteiger partial charge in [0.1, 0.15) is 12.4 Å². The highest BCUT2D eigenvalue weighted by atomic mass is 79.9. The summed E-state index contributed by atoms with van der Waals surface area (Å²) in [5.41, 5.74) is 3.60. The first kappa shape index (κ1) is 13.6. The van der Waals surface area contributed by atoms with E-state index >= 15 is 0 Å². The lowest BCUT2D eigenvalue weighted by Crippen LogP contribution is -1.98. The molecule has 0 saturated carbocycles. The topological polar surface area (TPSA) is 9.23 Å². The fourth-order valence-corrected chi connectivity index (χ4v) is 2.40. The zero-order chi connectivity index (χ0) is 13.0. The van der Waals surface area contributed by atoms with Gasteiger partial charge < -0.3 is 4.74 Å². The number of hydrogen-bond donors (Lipinski definition) is 0. The van der Waals surface area contributed by atoms with Crippen LogP contribution in [0.4, 0.5) is 0 Å².